The Labute approximate surface area is 168 Å². The lowest BCUT2D eigenvalue weighted by Crippen LogP contribution is -2.14. The smallest absolute Gasteiger partial charge is 0.0159 e. The molecule has 5 rings (SSSR count). The van der Waals surface area contributed by atoms with Gasteiger partial charge in [-0.15, -0.1) is 0 Å². The van der Waals surface area contributed by atoms with Crippen LogP contribution in [0, 0.1) is 3.57 Å². The van der Waals surface area contributed by atoms with Crippen LogP contribution in [-0.4, -0.2) is 0 Å². The van der Waals surface area contributed by atoms with Crippen LogP contribution in [0.4, 0.5) is 0 Å². The summed E-state index contributed by atoms with van der Waals surface area (Å²) in [5.74, 6) is 0. The van der Waals surface area contributed by atoms with Crippen molar-refractivity contribution < 1.29 is 0 Å². The largest absolute Gasteiger partial charge is 0.0619 e. The fourth-order valence-electron chi connectivity index (χ4n) is 4.38. The van der Waals surface area contributed by atoms with E-state index in [2.05, 4.69) is 115 Å². The summed E-state index contributed by atoms with van der Waals surface area (Å²) in [6.07, 6.45) is 0. The summed E-state index contributed by atoms with van der Waals surface area (Å²) in [7, 11) is 0. The Hall–Kier alpha value is -2.13. The van der Waals surface area contributed by atoms with Gasteiger partial charge in [0.15, 0.2) is 0 Å². The first-order valence-electron chi connectivity index (χ1n) is 8.99. The van der Waals surface area contributed by atoms with E-state index >= 15 is 0 Å². The zero-order valence-corrected chi connectivity index (χ0v) is 17.0. The highest BCUT2D eigenvalue weighted by Gasteiger charge is 2.36. The number of hydrogen-bond acceptors (Lipinski definition) is 0. The molecule has 0 amide bonds. The van der Waals surface area contributed by atoms with Crippen LogP contribution >= 0.6 is 22.6 Å². The van der Waals surface area contributed by atoms with E-state index in [0.29, 0.717) is 0 Å². The van der Waals surface area contributed by atoms with Crippen LogP contribution in [0.3, 0.4) is 0 Å². The topological polar surface area (TPSA) is 0 Å². The lowest BCUT2D eigenvalue weighted by atomic mass is 9.82. The molecule has 4 aromatic rings. The second-order valence-corrected chi connectivity index (χ2v) is 8.85. The average molecular weight is 446 g/mol. The molecule has 0 nitrogen and oxygen atoms in total. The molecule has 0 radical (unpaired) electrons. The van der Waals surface area contributed by atoms with E-state index < -0.39 is 0 Å². The Balaban J connectivity index is 1.81. The highest BCUT2D eigenvalue weighted by Crippen LogP contribution is 2.51. The molecule has 0 saturated carbocycles. The Morgan fingerprint density at radius 2 is 1.38 bits per heavy atom. The van der Waals surface area contributed by atoms with Gasteiger partial charge in [0.2, 0.25) is 0 Å². The van der Waals surface area contributed by atoms with Crippen molar-refractivity contribution in [3.63, 3.8) is 0 Å². The van der Waals surface area contributed by atoms with Crippen molar-refractivity contribution in [2.75, 3.05) is 0 Å². The second-order valence-electron chi connectivity index (χ2n) is 7.60. The Bertz CT molecular complexity index is 1170. The molecular weight excluding hydrogens is 427 g/mol. The molecule has 1 aliphatic carbocycles. The summed E-state index contributed by atoms with van der Waals surface area (Å²) in [4.78, 5) is 0. The van der Waals surface area contributed by atoms with Gasteiger partial charge in [-0.3, -0.25) is 0 Å². The Kier molecular flexibility index (Phi) is 3.51. The predicted octanol–water partition coefficient (Wildman–Crippen LogP) is 7.42. The van der Waals surface area contributed by atoms with E-state index in [1.807, 2.05) is 0 Å². The summed E-state index contributed by atoms with van der Waals surface area (Å²) in [5, 5.41) is 2.60. The van der Waals surface area contributed by atoms with Crippen LogP contribution in [0.1, 0.15) is 25.0 Å². The first-order chi connectivity index (χ1) is 12.6. The molecular formula is C25H19I. The third-order valence-electron chi connectivity index (χ3n) is 5.72. The normalized spacial score (nSPS) is 14.3. The van der Waals surface area contributed by atoms with Gasteiger partial charge in [0.25, 0.3) is 0 Å². The summed E-state index contributed by atoms with van der Waals surface area (Å²) < 4.78 is 1.28. The van der Waals surface area contributed by atoms with Gasteiger partial charge in [-0.05, 0) is 84.9 Å². The number of hydrogen-bond donors (Lipinski definition) is 0. The van der Waals surface area contributed by atoms with E-state index in [1.165, 1.54) is 47.7 Å². The average Bonchev–Trinajstić information content (AvgIpc) is 2.89. The number of rotatable bonds is 1. The van der Waals surface area contributed by atoms with E-state index in [-0.39, 0.29) is 5.41 Å². The van der Waals surface area contributed by atoms with E-state index in [0.717, 1.165) is 0 Å². The molecule has 4 aromatic carbocycles. The van der Waals surface area contributed by atoms with Crippen molar-refractivity contribution in [1.29, 1.82) is 0 Å². The molecule has 0 unspecified atom stereocenters. The summed E-state index contributed by atoms with van der Waals surface area (Å²) in [6, 6.07) is 29.1. The van der Waals surface area contributed by atoms with Crippen molar-refractivity contribution in [3.05, 3.63) is 93.6 Å². The van der Waals surface area contributed by atoms with E-state index in [9.17, 15) is 0 Å². The molecule has 1 aliphatic rings. The Morgan fingerprint density at radius 1 is 0.654 bits per heavy atom. The fraction of sp³-hybridized carbons (Fsp3) is 0.120. The van der Waals surface area contributed by atoms with Gasteiger partial charge in [0.05, 0.1) is 0 Å². The molecule has 0 heterocycles. The fourth-order valence-corrected chi connectivity index (χ4v) is 4.90. The standard InChI is InChI=1S/C25H19I/c1-25(2)22-8-4-3-6-21(22)24-20(7-5-9-23(24)25)17-11-10-16-12-13-19(26)15-18(16)14-17/h3-15H,1-2H3. The zero-order chi connectivity index (χ0) is 17.9. The zero-order valence-electron chi connectivity index (χ0n) is 14.9. The van der Waals surface area contributed by atoms with Crippen LogP contribution in [0.15, 0.2) is 78.9 Å². The van der Waals surface area contributed by atoms with Gasteiger partial charge in [0.1, 0.15) is 0 Å². The molecule has 1 heteroatoms. The maximum Gasteiger partial charge on any atom is 0.0159 e. The monoisotopic (exact) mass is 446 g/mol. The number of benzene rings is 4. The molecule has 0 aromatic heterocycles. The van der Waals surface area contributed by atoms with Crippen LogP contribution in [0.5, 0.6) is 0 Å². The van der Waals surface area contributed by atoms with Gasteiger partial charge in [-0.2, -0.15) is 0 Å². The third-order valence-corrected chi connectivity index (χ3v) is 6.39. The van der Waals surface area contributed by atoms with Crippen molar-refractivity contribution in [2.45, 2.75) is 19.3 Å². The summed E-state index contributed by atoms with van der Waals surface area (Å²) in [6.45, 7) is 4.67. The first kappa shape index (κ1) is 16.1. The van der Waals surface area contributed by atoms with Crippen LogP contribution < -0.4 is 0 Å². The molecule has 0 spiro atoms. The van der Waals surface area contributed by atoms with E-state index in [4.69, 9.17) is 0 Å². The molecule has 26 heavy (non-hydrogen) atoms. The molecule has 126 valence electrons. The van der Waals surface area contributed by atoms with Gasteiger partial charge in [-0.25, -0.2) is 0 Å². The van der Waals surface area contributed by atoms with Crippen molar-refractivity contribution in [1.82, 2.24) is 0 Å². The first-order valence-corrected chi connectivity index (χ1v) is 10.1. The maximum atomic E-state index is 2.39. The lowest BCUT2D eigenvalue weighted by Gasteiger charge is -2.21. The summed E-state index contributed by atoms with van der Waals surface area (Å²) in [5.41, 5.74) is 8.32. The van der Waals surface area contributed by atoms with Crippen molar-refractivity contribution in [3.8, 4) is 22.3 Å². The van der Waals surface area contributed by atoms with Gasteiger partial charge in [0, 0.05) is 8.99 Å². The minimum atomic E-state index is 0.0498. The molecule has 0 saturated heterocycles. The molecule has 0 N–H and O–H groups in total. The van der Waals surface area contributed by atoms with Crippen LogP contribution in [0.2, 0.25) is 0 Å². The lowest BCUT2D eigenvalue weighted by molar-refractivity contribution is 0.660. The quantitative estimate of drug-likeness (QED) is 0.267. The SMILES string of the molecule is CC1(C)c2ccccc2-c2c(-c3ccc4ccc(I)cc4c3)cccc21. The molecule has 0 fully saturated rings. The highest BCUT2D eigenvalue weighted by molar-refractivity contribution is 14.1. The van der Waals surface area contributed by atoms with E-state index in [1.54, 1.807) is 0 Å². The molecule has 0 bridgehead atoms. The van der Waals surface area contributed by atoms with Crippen LogP contribution in [-0.2, 0) is 5.41 Å². The van der Waals surface area contributed by atoms with Crippen LogP contribution in [0.25, 0.3) is 33.0 Å². The summed E-state index contributed by atoms with van der Waals surface area (Å²) >= 11 is 2.39. The van der Waals surface area contributed by atoms with Gasteiger partial charge >= 0.3 is 0 Å². The second kappa shape index (κ2) is 5.68. The maximum absolute atomic E-state index is 2.39. The number of fused-ring (bicyclic) bond motifs is 4. The highest BCUT2D eigenvalue weighted by atomic mass is 127. The minimum absolute atomic E-state index is 0.0498. The van der Waals surface area contributed by atoms with Gasteiger partial charge < -0.3 is 0 Å². The molecule has 0 atom stereocenters. The predicted molar refractivity (Wildman–Crippen MR) is 120 cm³/mol. The molecule has 0 aliphatic heterocycles. The van der Waals surface area contributed by atoms with Crippen molar-refractivity contribution >= 4 is 33.4 Å². The van der Waals surface area contributed by atoms with Crippen molar-refractivity contribution in [2.24, 2.45) is 0 Å². The third kappa shape index (κ3) is 2.26. The minimum Gasteiger partial charge on any atom is -0.0619 e. The van der Waals surface area contributed by atoms with Gasteiger partial charge in [-0.1, -0.05) is 74.5 Å². The number of halogens is 1. The Morgan fingerprint density at radius 3 is 2.27 bits per heavy atom.